The Morgan fingerprint density at radius 1 is 0.667 bits per heavy atom. The van der Waals surface area contributed by atoms with Crippen molar-refractivity contribution >= 4 is 213 Å². The van der Waals surface area contributed by atoms with Crippen molar-refractivity contribution in [2.24, 2.45) is 0 Å². The summed E-state index contributed by atoms with van der Waals surface area (Å²) in [5, 5.41) is 18.6. The molecule has 0 radical (unpaired) electrons. The normalized spacial score (nSPS) is 18.6. The summed E-state index contributed by atoms with van der Waals surface area (Å²) >= 11 is 42.4. The second kappa shape index (κ2) is 57.3. The number of rotatable bonds is 7. The van der Waals surface area contributed by atoms with Crippen molar-refractivity contribution < 1.29 is 63.7 Å². The number of thioether (sulfide) groups is 11. The van der Waals surface area contributed by atoms with E-state index < -0.39 is 0 Å². The van der Waals surface area contributed by atoms with E-state index in [0.717, 1.165) is 87.6 Å². The van der Waals surface area contributed by atoms with Crippen LogP contribution in [0, 0.1) is 0 Å². The predicted molar refractivity (Wildman–Crippen MR) is 313 cm³/mol. The van der Waals surface area contributed by atoms with E-state index in [-0.39, 0.29) is 70.4 Å². The van der Waals surface area contributed by atoms with E-state index in [1.807, 2.05) is 94.1 Å². The van der Waals surface area contributed by atoms with E-state index in [1.165, 1.54) is 57.8 Å². The summed E-state index contributed by atoms with van der Waals surface area (Å²) in [7, 11) is 0.750. The van der Waals surface area contributed by atoms with Crippen LogP contribution in [0.15, 0.2) is 24.3 Å². The van der Waals surface area contributed by atoms with E-state index in [0.29, 0.717) is 27.4 Å². The van der Waals surface area contributed by atoms with Gasteiger partial charge in [0, 0.05) is 120 Å². The molecule has 366 valence electrons. The number of alkyl halides is 2. The zero-order valence-corrected chi connectivity index (χ0v) is 52.4. The van der Waals surface area contributed by atoms with Crippen LogP contribution in [0.5, 0.6) is 0 Å². The van der Waals surface area contributed by atoms with Crippen molar-refractivity contribution in [1.29, 1.82) is 0 Å². The molecular formula is C39H69Cl2NaO7S14. The molecule has 5 aliphatic rings. The molecule has 7 nitrogen and oxygen atoms in total. The number of aliphatic hydroxyl groups is 1. The number of esters is 1. The van der Waals surface area contributed by atoms with Crippen LogP contribution >= 0.6 is 190 Å². The molecule has 0 aliphatic carbocycles. The fourth-order valence-electron chi connectivity index (χ4n) is 3.61. The first-order valence-corrected chi connectivity index (χ1v) is 34.7. The van der Waals surface area contributed by atoms with Crippen LogP contribution in [0.2, 0.25) is 0 Å². The molecule has 0 amide bonds. The number of ether oxygens (including phenoxy) is 1. The Morgan fingerprint density at radius 2 is 1.02 bits per heavy atom. The summed E-state index contributed by atoms with van der Waals surface area (Å²) in [6, 6.07) is 0. The van der Waals surface area contributed by atoms with Crippen LogP contribution in [0.1, 0.15) is 13.8 Å². The third kappa shape index (κ3) is 55.5. The van der Waals surface area contributed by atoms with Gasteiger partial charge in [0.05, 0.1) is 29.4 Å². The van der Waals surface area contributed by atoms with Gasteiger partial charge >= 0.3 is 35.5 Å². The first kappa shape index (κ1) is 73.9. The maximum Gasteiger partial charge on any atom is 1.00 e. The summed E-state index contributed by atoms with van der Waals surface area (Å²) < 4.78 is 5.25. The number of Topliss-reactive ketones (excluding diaryl/α,β-unsaturated/α-hetero) is 2. The standard InChI is InChI=1S/C9H14O2S2.C9H14OS3.C5H10OS2.C5H8OS2.C5H10S3.C3H4Cl2O.C2H6S2.CH3O.Na/c1-7(2)9(10)11-8-5-12-3-4-13-6-8;1-7(2)9(10)13-8-5-11-3-4-12-6-8;3*6-5-3-7-1-2-8-4-5;4-1-3(6)2-5;3-1-2-4;1-2;/h2*8H,1,3-6H2,2H3;5-6H,1-4H2;1-4H2;5-6H,1-4H2;1-2H2;3-4H,1-2H2;1H3;/q;;;;;;;-1;+1. The predicted octanol–water partition coefficient (Wildman–Crippen LogP) is 6.11. The van der Waals surface area contributed by atoms with Gasteiger partial charge in [0.1, 0.15) is 6.10 Å². The average Bonchev–Trinajstić information content (AvgIpc) is 3.94. The molecule has 5 aliphatic heterocycles. The number of halogens is 2. The minimum Gasteiger partial charge on any atom is -0.857 e. The maximum atomic E-state index is 11.4. The van der Waals surface area contributed by atoms with Crippen molar-refractivity contribution in [2.75, 3.05) is 145 Å². The van der Waals surface area contributed by atoms with Gasteiger partial charge in [-0.1, -0.05) is 24.9 Å². The first-order chi connectivity index (χ1) is 29.8. The molecule has 63 heavy (non-hydrogen) atoms. The van der Waals surface area contributed by atoms with Gasteiger partial charge in [0.2, 0.25) is 5.12 Å². The summed E-state index contributed by atoms with van der Waals surface area (Å²) in [5.41, 5.74) is 1.16. The number of thiol groups is 3. The monoisotopic (exact) mass is 1190 g/mol. The van der Waals surface area contributed by atoms with Gasteiger partial charge < -0.3 is 14.9 Å². The second-order valence-corrected chi connectivity index (χ2v) is 27.3. The van der Waals surface area contributed by atoms with Crippen LogP contribution in [0.3, 0.4) is 0 Å². The van der Waals surface area contributed by atoms with Crippen LogP contribution < -0.4 is 34.7 Å². The molecule has 0 saturated carbocycles. The SMILES string of the molecule is C=C(C)C(=O)OC1CSCCSC1.C=C(C)C(=O)SC1CSCCSC1.C[O-].O=C(CCl)CCl.O=C1CSCCSC1.OC1CSCCSC1.SC1CSCCSC1.SCCS.[Na+]. The molecule has 0 bridgehead atoms. The largest absolute Gasteiger partial charge is 1.00 e. The maximum absolute atomic E-state index is 11.4. The molecule has 5 rings (SSSR count). The first-order valence-electron chi connectivity index (χ1n) is 19.4. The summed E-state index contributed by atoms with van der Waals surface area (Å²) in [6.07, 6.45) is 0.0224. The summed E-state index contributed by atoms with van der Waals surface area (Å²) in [4.78, 5) is 43.1. The van der Waals surface area contributed by atoms with E-state index in [1.54, 1.807) is 37.4 Å². The van der Waals surface area contributed by atoms with Crippen molar-refractivity contribution in [1.82, 2.24) is 0 Å². The average molecular weight is 1190 g/mol. The van der Waals surface area contributed by atoms with Crippen molar-refractivity contribution in [3.05, 3.63) is 24.3 Å². The Kier molecular flexibility index (Phi) is 67.2. The smallest absolute Gasteiger partial charge is 0.857 e. The van der Waals surface area contributed by atoms with E-state index >= 15 is 0 Å². The molecular weight excluding hydrogens is 1120 g/mol. The van der Waals surface area contributed by atoms with Gasteiger partial charge in [-0.25, -0.2) is 4.79 Å². The van der Waals surface area contributed by atoms with Crippen molar-refractivity contribution in [3.63, 3.8) is 0 Å². The molecule has 0 aromatic carbocycles. The molecule has 1 N–H and O–H groups in total. The van der Waals surface area contributed by atoms with Gasteiger partial charge in [-0.3, -0.25) is 14.4 Å². The van der Waals surface area contributed by atoms with Crippen LogP contribution in [0.25, 0.3) is 0 Å². The van der Waals surface area contributed by atoms with E-state index in [2.05, 4.69) is 51.0 Å². The zero-order chi connectivity index (χ0) is 47.2. The number of hydrogen-bond acceptors (Lipinski definition) is 21. The molecule has 0 atom stereocenters. The number of hydrogen-bond donors (Lipinski definition) is 4. The Hall–Kier alpha value is 4.36. The minimum atomic E-state index is -0.256. The summed E-state index contributed by atoms with van der Waals surface area (Å²) in [5.74, 6) is 23.9. The van der Waals surface area contributed by atoms with Crippen molar-refractivity contribution in [3.8, 4) is 0 Å². The molecule has 24 heteroatoms. The molecule has 0 unspecified atom stereocenters. The molecule has 5 fully saturated rings. The quantitative estimate of drug-likeness (QED) is 0.0771. The van der Waals surface area contributed by atoms with Gasteiger partial charge in [-0.05, 0) is 30.9 Å². The fraction of sp³-hybridized carbons (Fsp3) is 0.795. The van der Waals surface area contributed by atoms with Crippen LogP contribution in [-0.2, 0) is 23.9 Å². The number of ketones is 2. The molecule has 0 spiro atoms. The number of carbonyl (C=O) groups is 4. The summed E-state index contributed by atoms with van der Waals surface area (Å²) in [6.45, 7) is 10.7. The topological polar surface area (TPSA) is 121 Å². The Labute approximate surface area is 476 Å². The molecule has 5 heterocycles. The Balaban J connectivity index is -0.000000328. The van der Waals surface area contributed by atoms with Gasteiger partial charge in [-0.15, -0.1) is 23.2 Å². The molecule has 0 aromatic heterocycles. The zero-order valence-electron chi connectivity index (χ0n) is 37.2. The van der Waals surface area contributed by atoms with Crippen LogP contribution in [0.4, 0.5) is 0 Å². The second-order valence-electron chi connectivity index (χ2n) is 12.4. The molecule has 5 saturated heterocycles. The number of carbonyl (C=O) groups excluding carboxylic acids is 4. The third-order valence-corrected chi connectivity index (χ3v) is 22.7. The van der Waals surface area contributed by atoms with Crippen molar-refractivity contribution in [2.45, 2.75) is 36.6 Å². The van der Waals surface area contributed by atoms with Gasteiger partial charge in [0.25, 0.3) is 0 Å². The Bertz CT molecular complexity index is 1030. The third-order valence-electron chi connectivity index (χ3n) is 6.48. The number of aliphatic hydroxyl groups excluding tert-OH is 1. The minimum absolute atomic E-state index is 0. The molecule has 0 aromatic rings. The van der Waals surface area contributed by atoms with Crippen LogP contribution in [-0.4, -0.2) is 196 Å². The Morgan fingerprint density at radius 3 is 1.35 bits per heavy atom. The van der Waals surface area contributed by atoms with Gasteiger partial charge in [-0.2, -0.15) is 163 Å². The van der Waals surface area contributed by atoms with Gasteiger partial charge in [0.15, 0.2) is 11.6 Å². The fourth-order valence-corrected chi connectivity index (χ4v) is 17.1. The van der Waals surface area contributed by atoms with E-state index in [9.17, 15) is 19.2 Å². The van der Waals surface area contributed by atoms with E-state index in [4.69, 9.17) is 38.2 Å².